The van der Waals surface area contributed by atoms with Gasteiger partial charge in [-0.2, -0.15) is 0 Å². The maximum Gasteiger partial charge on any atom is 0.338 e. The second-order valence-corrected chi connectivity index (χ2v) is 4.83. The van der Waals surface area contributed by atoms with Gasteiger partial charge in [0.15, 0.2) is 0 Å². The Morgan fingerprint density at radius 1 is 1.14 bits per heavy atom. The SMILES string of the molecule is CCOC(=O)c1ccc2ccc(-c3cccc(F)c3)nc2c1. The zero-order chi connectivity index (χ0) is 15.5. The third-order valence-corrected chi connectivity index (χ3v) is 3.32. The zero-order valence-electron chi connectivity index (χ0n) is 12.0. The van der Waals surface area contributed by atoms with Crippen molar-refractivity contribution < 1.29 is 13.9 Å². The van der Waals surface area contributed by atoms with Crippen LogP contribution in [-0.2, 0) is 4.74 Å². The molecule has 1 heterocycles. The molecule has 3 rings (SSSR count). The molecular formula is C18H14FNO2. The van der Waals surface area contributed by atoms with Crippen molar-refractivity contribution in [2.75, 3.05) is 6.61 Å². The number of ether oxygens (including phenoxy) is 1. The Morgan fingerprint density at radius 3 is 2.73 bits per heavy atom. The summed E-state index contributed by atoms with van der Waals surface area (Å²) in [4.78, 5) is 16.3. The number of hydrogen-bond acceptors (Lipinski definition) is 3. The molecule has 0 aliphatic carbocycles. The summed E-state index contributed by atoms with van der Waals surface area (Å²) in [5.41, 5.74) is 2.49. The Morgan fingerprint density at radius 2 is 1.95 bits per heavy atom. The maximum absolute atomic E-state index is 13.3. The average molecular weight is 295 g/mol. The van der Waals surface area contributed by atoms with Gasteiger partial charge in [-0.3, -0.25) is 0 Å². The van der Waals surface area contributed by atoms with Gasteiger partial charge >= 0.3 is 5.97 Å². The van der Waals surface area contributed by atoms with Crippen LogP contribution >= 0.6 is 0 Å². The van der Waals surface area contributed by atoms with E-state index in [1.165, 1.54) is 12.1 Å². The van der Waals surface area contributed by atoms with Gasteiger partial charge in [-0.1, -0.05) is 24.3 Å². The van der Waals surface area contributed by atoms with Gasteiger partial charge in [0.05, 0.1) is 23.4 Å². The smallest absolute Gasteiger partial charge is 0.338 e. The van der Waals surface area contributed by atoms with E-state index in [9.17, 15) is 9.18 Å². The highest BCUT2D eigenvalue weighted by molar-refractivity contribution is 5.94. The average Bonchev–Trinajstić information content (AvgIpc) is 2.54. The monoisotopic (exact) mass is 295 g/mol. The number of hydrogen-bond donors (Lipinski definition) is 0. The number of halogens is 1. The lowest BCUT2D eigenvalue weighted by atomic mass is 10.1. The van der Waals surface area contributed by atoms with Crippen LogP contribution in [0.2, 0.25) is 0 Å². The predicted octanol–water partition coefficient (Wildman–Crippen LogP) is 4.22. The third kappa shape index (κ3) is 2.81. The molecule has 0 fully saturated rings. The summed E-state index contributed by atoms with van der Waals surface area (Å²) in [7, 11) is 0. The van der Waals surface area contributed by atoms with Crippen molar-refractivity contribution in [1.29, 1.82) is 0 Å². The minimum atomic E-state index is -0.373. The molecule has 0 radical (unpaired) electrons. The van der Waals surface area contributed by atoms with Crippen molar-refractivity contribution in [3.05, 3.63) is 66.0 Å². The van der Waals surface area contributed by atoms with Gasteiger partial charge in [0.1, 0.15) is 5.82 Å². The minimum Gasteiger partial charge on any atom is -0.462 e. The molecule has 3 nitrogen and oxygen atoms in total. The van der Waals surface area contributed by atoms with E-state index in [0.717, 1.165) is 5.39 Å². The highest BCUT2D eigenvalue weighted by atomic mass is 19.1. The molecule has 0 spiro atoms. The van der Waals surface area contributed by atoms with E-state index in [0.29, 0.717) is 28.9 Å². The maximum atomic E-state index is 13.3. The number of benzene rings is 2. The zero-order valence-corrected chi connectivity index (χ0v) is 12.0. The minimum absolute atomic E-state index is 0.306. The van der Waals surface area contributed by atoms with Crippen LogP contribution in [0.15, 0.2) is 54.6 Å². The van der Waals surface area contributed by atoms with Crippen LogP contribution in [0, 0.1) is 5.82 Å². The Labute approximate surface area is 127 Å². The van der Waals surface area contributed by atoms with Crippen LogP contribution in [0.3, 0.4) is 0 Å². The molecule has 0 amide bonds. The van der Waals surface area contributed by atoms with Crippen molar-refractivity contribution in [1.82, 2.24) is 4.98 Å². The van der Waals surface area contributed by atoms with Crippen LogP contribution < -0.4 is 0 Å². The van der Waals surface area contributed by atoms with E-state index in [4.69, 9.17) is 4.74 Å². The highest BCUT2D eigenvalue weighted by Crippen LogP contribution is 2.22. The number of fused-ring (bicyclic) bond motifs is 1. The lowest BCUT2D eigenvalue weighted by molar-refractivity contribution is 0.0526. The summed E-state index contributed by atoms with van der Waals surface area (Å²) in [5.74, 6) is -0.679. The summed E-state index contributed by atoms with van der Waals surface area (Å²) in [6.45, 7) is 2.09. The van der Waals surface area contributed by atoms with Crippen LogP contribution in [0.4, 0.5) is 4.39 Å². The molecule has 0 atom stereocenters. The second-order valence-electron chi connectivity index (χ2n) is 4.83. The highest BCUT2D eigenvalue weighted by Gasteiger charge is 2.09. The first-order valence-electron chi connectivity index (χ1n) is 7.01. The van der Waals surface area contributed by atoms with Crippen molar-refractivity contribution in [2.45, 2.75) is 6.92 Å². The molecule has 0 unspecified atom stereocenters. The molecule has 110 valence electrons. The summed E-state index contributed by atoms with van der Waals surface area (Å²) in [5, 5.41) is 0.910. The van der Waals surface area contributed by atoms with Gasteiger partial charge in [0.25, 0.3) is 0 Å². The number of carbonyl (C=O) groups is 1. The Bertz CT molecular complexity index is 845. The van der Waals surface area contributed by atoms with Crippen LogP contribution in [-0.4, -0.2) is 17.6 Å². The summed E-state index contributed by atoms with van der Waals surface area (Å²) in [6.07, 6.45) is 0. The molecule has 22 heavy (non-hydrogen) atoms. The quantitative estimate of drug-likeness (QED) is 0.679. The van der Waals surface area contributed by atoms with Crippen molar-refractivity contribution >= 4 is 16.9 Å². The van der Waals surface area contributed by atoms with E-state index in [1.54, 1.807) is 31.2 Å². The molecule has 1 aromatic heterocycles. The lowest BCUT2D eigenvalue weighted by Crippen LogP contribution is -2.04. The predicted molar refractivity (Wildman–Crippen MR) is 83.1 cm³/mol. The lowest BCUT2D eigenvalue weighted by Gasteiger charge is -2.06. The van der Waals surface area contributed by atoms with Crippen LogP contribution in [0.5, 0.6) is 0 Å². The van der Waals surface area contributed by atoms with Crippen LogP contribution in [0.25, 0.3) is 22.2 Å². The first-order valence-corrected chi connectivity index (χ1v) is 7.01. The van der Waals surface area contributed by atoms with Gasteiger partial charge in [0.2, 0.25) is 0 Å². The number of esters is 1. The largest absolute Gasteiger partial charge is 0.462 e. The fourth-order valence-corrected chi connectivity index (χ4v) is 2.27. The fourth-order valence-electron chi connectivity index (χ4n) is 2.27. The second kappa shape index (κ2) is 5.93. The van der Waals surface area contributed by atoms with Gasteiger partial charge in [-0.25, -0.2) is 14.2 Å². The Kier molecular flexibility index (Phi) is 3.83. The fraction of sp³-hybridized carbons (Fsp3) is 0.111. The van der Waals surface area contributed by atoms with Crippen molar-refractivity contribution in [3.63, 3.8) is 0 Å². The van der Waals surface area contributed by atoms with Gasteiger partial charge in [0, 0.05) is 10.9 Å². The molecule has 0 N–H and O–H groups in total. The molecule has 0 aliphatic rings. The molecule has 0 aliphatic heterocycles. The normalized spacial score (nSPS) is 10.6. The van der Waals surface area contributed by atoms with E-state index in [2.05, 4.69) is 4.98 Å². The first-order chi connectivity index (χ1) is 10.7. The number of nitrogens with zero attached hydrogens (tertiary/aromatic N) is 1. The molecule has 0 saturated carbocycles. The molecule has 2 aromatic carbocycles. The summed E-state index contributed by atoms with van der Waals surface area (Å²) < 4.78 is 18.3. The van der Waals surface area contributed by atoms with E-state index in [-0.39, 0.29) is 11.8 Å². The number of rotatable bonds is 3. The molecule has 3 aromatic rings. The summed E-state index contributed by atoms with van der Waals surface area (Å²) >= 11 is 0. The van der Waals surface area contributed by atoms with E-state index >= 15 is 0 Å². The van der Waals surface area contributed by atoms with Crippen molar-refractivity contribution in [3.8, 4) is 11.3 Å². The van der Waals surface area contributed by atoms with Gasteiger partial charge in [-0.05, 0) is 37.3 Å². The topological polar surface area (TPSA) is 39.2 Å². The van der Waals surface area contributed by atoms with Gasteiger partial charge < -0.3 is 4.74 Å². The molecular weight excluding hydrogens is 281 g/mol. The molecule has 0 bridgehead atoms. The molecule has 0 saturated heterocycles. The van der Waals surface area contributed by atoms with Crippen LogP contribution in [0.1, 0.15) is 17.3 Å². The number of carbonyl (C=O) groups excluding carboxylic acids is 1. The first kappa shape index (κ1) is 14.2. The number of pyridine rings is 1. The molecule has 4 heteroatoms. The van der Waals surface area contributed by atoms with Gasteiger partial charge in [-0.15, -0.1) is 0 Å². The van der Waals surface area contributed by atoms with E-state index in [1.807, 2.05) is 18.2 Å². The Hall–Kier alpha value is -2.75. The van der Waals surface area contributed by atoms with E-state index < -0.39 is 0 Å². The van der Waals surface area contributed by atoms with Crippen molar-refractivity contribution in [2.24, 2.45) is 0 Å². The number of aromatic nitrogens is 1. The standard InChI is InChI=1S/C18H14FNO2/c1-2-22-18(21)14-7-6-12-8-9-16(20-17(12)11-14)13-4-3-5-15(19)10-13/h3-11H,2H2,1H3. The third-order valence-electron chi connectivity index (χ3n) is 3.32. The Balaban J connectivity index is 2.06. The summed E-state index contributed by atoms with van der Waals surface area (Å²) in [6, 6.07) is 15.2.